The van der Waals surface area contributed by atoms with Crippen molar-refractivity contribution in [1.29, 1.82) is 0 Å². The second-order valence-electron chi connectivity index (χ2n) is 6.12. The highest BCUT2D eigenvalue weighted by Gasteiger charge is 2.16. The Morgan fingerprint density at radius 2 is 2.19 bits per heavy atom. The van der Waals surface area contributed by atoms with Crippen LogP contribution < -0.4 is 11.1 Å². The van der Waals surface area contributed by atoms with Crippen molar-refractivity contribution in [2.24, 2.45) is 11.7 Å². The average Bonchev–Trinajstić information content (AvgIpc) is 2.48. The Labute approximate surface area is 127 Å². The molecule has 0 aliphatic carbocycles. The summed E-state index contributed by atoms with van der Waals surface area (Å²) in [5, 5.41) is 2.98. The standard InChI is InChI=1S/C17H27N3O/c1-14-6-5-10-20(13-14)11-9-19-17(21)12-16(18)15-7-3-2-4-8-15/h2-4,7-8,14,16H,5-6,9-13,18H2,1H3,(H,19,21). The Kier molecular flexibility index (Phi) is 6.21. The number of nitrogens with one attached hydrogen (secondary N) is 1. The number of nitrogens with two attached hydrogens (primary N) is 1. The van der Waals surface area contributed by atoms with Crippen molar-refractivity contribution in [3.63, 3.8) is 0 Å². The van der Waals surface area contributed by atoms with Gasteiger partial charge in [0.25, 0.3) is 0 Å². The number of likely N-dealkylation sites (tertiary alicyclic amines) is 1. The smallest absolute Gasteiger partial charge is 0.221 e. The number of rotatable bonds is 6. The number of piperidine rings is 1. The Bertz CT molecular complexity index is 435. The van der Waals surface area contributed by atoms with Gasteiger partial charge in [0.15, 0.2) is 0 Å². The highest BCUT2D eigenvalue weighted by molar-refractivity contribution is 5.76. The minimum Gasteiger partial charge on any atom is -0.355 e. The van der Waals surface area contributed by atoms with E-state index < -0.39 is 0 Å². The first-order valence-corrected chi connectivity index (χ1v) is 7.94. The summed E-state index contributed by atoms with van der Waals surface area (Å²) in [7, 11) is 0. The second kappa shape index (κ2) is 8.15. The van der Waals surface area contributed by atoms with Gasteiger partial charge in [0.1, 0.15) is 0 Å². The fourth-order valence-electron chi connectivity index (χ4n) is 2.93. The molecule has 0 saturated carbocycles. The molecule has 0 bridgehead atoms. The van der Waals surface area contributed by atoms with E-state index in [9.17, 15) is 4.79 Å². The first-order chi connectivity index (χ1) is 10.1. The quantitative estimate of drug-likeness (QED) is 0.841. The Morgan fingerprint density at radius 1 is 1.43 bits per heavy atom. The van der Waals surface area contributed by atoms with E-state index in [2.05, 4.69) is 17.1 Å². The number of carbonyl (C=O) groups is 1. The topological polar surface area (TPSA) is 58.4 Å². The maximum absolute atomic E-state index is 11.9. The van der Waals surface area contributed by atoms with Crippen molar-refractivity contribution in [2.45, 2.75) is 32.2 Å². The number of benzene rings is 1. The lowest BCUT2D eigenvalue weighted by atomic mass is 10.0. The van der Waals surface area contributed by atoms with E-state index in [0.29, 0.717) is 13.0 Å². The molecule has 3 N–H and O–H groups in total. The number of amides is 1. The van der Waals surface area contributed by atoms with E-state index in [0.717, 1.165) is 31.1 Å². The molecule has 1 aliphatic heterocycles. The third-order valence-corrected chi connectivity index (χ3v) is 4.12. The van der Waals surface area contributed by atoms with Crippen molar-refractivity contribution < 1.29 is 4.79 Å². The van der Waals surface area contributed by atoms with Crippen LogP contribution in [0.4, 0.5) is 0 Å². The molecule has 0 radical (unpaired) electrons. The normalized spacial score (nSPS) is 21.0. The van der Waals surface area contributed by atoms with Gasteiger partial charge in [-0.3, -0.25) is 4.79 Å². The lowest BCUT2D eigenvalue weighted by Gasteiger charge is -2.30. The van der Waals surface area contributed by atoms with E-state index >= 15 is 0 Å². The summed E-state index contributed by atoms with van der Waals surface area (Å²) in [6.07, 6.45) is 2.95. The Hall–Kier alpha value is -1.39. The number of nitrogens with zero attached hydrogens (tertiary/aromatic N) is 1. The zero-order chi connectivity index (χ0) is 15.1. The Balaban J connectivity index is 1.65. The summed E-state index contributed by atoms with van der Waals surface area (Å²) < 4.78 is 0. The van der Waals surface area contributed by atoms with Crippen LogP contribution in [0.25, 0.3) is 0 Å². The number of hydrogen-bond acceptors (Lipinski definition) is 3. The van der Waals surface area contributed by atoms with E-state index in [1.54, 1.807) is 0 Å². The minimum atomic E-state index is -0.221. The summed E-state index contributed by atoms with van der Waals surface area (Å²) >= 11 is 0. The summed E-state index contributed by atoms with van der Waals surface area (Å²) in [6, 6.07) is 9.56. The van der Waals surface area contributed by atoms with E-state index in [-0.39, 0.29) is 11.9 Å². The fourth-order valence-corrected chi connectivity index (χ4v) is 2.93. The maximum Gasteiger partial charge on any atom is 0.221 e. The van der Waals surface area contributed by atoms with Crippen molar-refractivity contribution in [2.75, 3.05) is 26.2 Å². The van der Waals surface area contributed by atoms with Crippen molar-refractivity contribution in [3.05, 3.63) is 35.9 Å². The van der Waals surface area contributed by atoms with Gasteiger partial charge in [-0.25, -0.2) is 0 Å². The van der Waals surface area contributed by atoms with Crippen molar-refractivity contribution in [3.8, 4) is 0 Å². The zero-order valence-corrected chi connectivity index (χ0v) is 12.9. The molecule has 2 unspecified atom stereocenters. The highest BCUT2D eigenvalue weighted by atomic mass is 16.1. The molecule has 2 atom stereocenters. The van der Waals surface area contributed by atoms with E-state index in [1.807, 2.05) is 30.3 Å². The molecule has 1 aromatic carbocycles. The molecule has 1 saturated heterocycles. The molecule has 1 fully saturated rings. The third-order valence-electron chi connectivity index (χ3n) is 4.12. The monoisotopic (exact) mass is 289 g/mol. The van der Waals surface area contributed by atoms with Crippen molar-refractivity contribution in [1.82, 2.24) is 10.2 Å². The molecular formula is C17H27N3O. The van der Waals surface area contributed by atoms with E-state index in [4.69, 9.17) is 5.73 Å². The van der Waals surface area contributed by atoms with Crippen LogP contribution in [0.3, 0.4) is 0 Å². The van der Waals surface area contributed by atoms with Crippen LogP contribution in [0.15, 0.2) is 30.3 Å². The lowest BCUT2D eigenvalue weighted by Crippen LogP contribution is -2.40. The van der Waals surface area contributed by atoms with Gasteiger partial charge < -0.3 is 16.0 Å². The van der Waals surface area contributed by atoms with Gasteiger partial charge in [-0.15, -0.1) is 0 Å². The first-order valence-electron chi connectivity index (χ1n) is 7.94. The Morgan fingerprint density at radius 3 is 2.90 bits per heavy atom. The molecule has 0 aromatic heterocycles. The van der Waals surface area contributed by atoms with Crippen LogP contribution in [0, 0.1) is 5.92 Å². The first kappa shape index (κ1) is 16.0. The van der Waals surface area contributed by atoms with Crippen LogP contribution >= 0.6 is 0 Å². The van der Waals surface area contributed by atoms with Crippen LogP contribution in [-0.2, 0) is 4.79 Å². The maximum atomic E-state index is 11.9. The fraction of sp³-hybridized carbons (Fsp3) is 0.588. The van der Waals surface area contributed by atoms with Crippen LogP contribution in [0.5, 0.6) is 0 Å². The average molecular weight is 289 g/mol. The molecule has 4 nitrogen and oxygen atoms in total. The molecule has 116 valence electrons. The lowest BCUT2D eigenvalue weighted by molar-refractivity contribution is -0.121. The second-order valence-corrected chi connectivity index (χ2v) is 6.12. The summed E-state index contributed by atoms with van der Waals surface area (Å²) in [6.45, 7) is 6.26. The van der Waals surface area contributed by atoms with E-state index in [1.165, 1.54) is 12.8 Å². The molecule has 1 aliphatic rings. The molecule has 21 heavy (non-hydrogen) atoms. The van der Waals surface area contributed by atoms with Gasteiger partial charge in [0.05, 0.1) is 0 Å². The predicted octanol–water partition coefficient (Wildman–Crippen LogP) is 1.92. The minimum absolute atomic E-state index is 0.0383. The van der Waals surface area contributed by atoms with Crippen LogP contribution in [-0.4, -0.2) is 37.0 Å². The molecule has 4 heteroatoms. The molecule has 1 heterocycles. The van der Waals surface area contributed by atoms with Gasteiger partial charge in [0.2, 0.25) is 5.91 Å². The summed E-state index contributed by atoms with van der Waals surface area (Å²) in [4.78, 5) is 14.4. The molecule has 1 aromatic rings. The van der Waals surface area contributed by atoms with Gasteiger partial charge in [-0.1, -0.05) is 37.3 Å². The number of hydrogen-bond donors (Lipinski definition) is 2. The molecular weight excluding hydrogens is 262 g/mol. The van der Waals surface area contributed by atoms with Gasteiger partial charge >= 0.3 is 0 Å². The van der Waals surface area contributed by atoms with Crippen LogP contribution in [0.2, 0.25) is 0 Å². The molecule has 1 amide bonds. The predicted molar refractivity (Wildman–Crippen MR) is 85.8 cm³/mol. The SMILES string of the molecule is CC1CCCN(CCNC(=O)CC(N)c2ccccc2)C1. The molecule has 0 spiro atoms. The summed E-state index contributed by atoms with van der Waals surface area (Å²) in [5.74, 6) is 0.817. The molecule has 2 rings (SSSR count). The summed E-state index contributed by atoms with van der Waals surface area (Å²) in [5.41, 5.74) is 7.07. The van der Waals surface area contributed by atoms with Gasteiger partial charge in [-0.2, -0.15) is 0 Å². The van der Waals surface area contributed by atoms with Gasteiger partial charge in [-0.05, 0) is 30.9 Å². The zero-order valence-electron chi connectivity index (χ0n) is 12.9. The van der Waals surface area contributed by atoms with Crippen molar-refractivity contribution >= 4 is 5.91 Å². The largest absolute Gasteiger partial charge is 0.355 e. The highest BCUT2D eigenvalue weighted by Crippen LogP contribution is 2.15. The number of carbonyl (C=O) groups excluding carboxylic acids is 1. The third kappa shape index (κ3) is 5.48. The van der Waals surface area contributed by atoms with Gasteiger partial charge in [0, 0.05) is 32.1 Å². The van der Waals surface area contributed by atoms with Crippen LogP contribution in [0.1, 0.15) is 37.8 Å².